The zero-order valence-corrected chi connectivity index (χ0v) is 9.43. The van der Waals surface area contributed by atoms with Gasteiger partial charge in [0.2, 0.25) is 11.8 Å². The van der Waals surface area contributed by atoms with Gasteiger partial charge in [-0.15, -0.1) is 0 Å². The molecule has 16 heavy (non-hydrogen) atoms. The molecular formula is C11H17N3O2. The average molecular weight is 223 g/mol. The third kappa shape index (κ3) is 2.82. The monoisotopic (exact) mass is 223 g/mol. The van der Waals surface area contributed by atoms with E-state index in [0.29, 0.717) is 18.4 Å². The number of hydrogen-bond acceptors (Lipinski definition) is 5. The van der Waals surface area contributed by atoms with Crippen molar-refractivity contribution >= 4 is 0 Å². The SMILES string of the molecule is CCOc1cncc(OC2CCC(N)C2)n1. The lowest BCUT2D eigenvalue weighted by molar-refractivity contribution is 0.195. The fraction of sp³-hybridized carbons (Fsp3) is 0.636. The van der Waals surface area contributed by atoms with E-state index in [1.807, 2.05) is 6.92 Å². The van der Waals surface area contributed by atoms with Crippen LogP contribution in [0.1, 0.15) is 26.2 Å². The van der Waals surface area contributed by atoms with E-state index in [4.69, 9.17) is 15.2 Å². The minimum absolute atomic E-state index is 0.168. The first kappa shape index (κ1) is 11.1. The first-order valence-electron chi connectivity index (χ1n) is 5.65. The highest BCUT2D eigenvalue weighted by Crippen LogP contribution is 2.22. The predicted molar refractivity (Wildman–Crippen MR) is 59.4 cm³/mol. The molecule has 0 aliphatic heterocycles. The Labute approximate surface area is 95.0 Å². The van der Waals surface area contributed by atoms with Crippen LogP contribution >= 0.6 is 0 Å². The lowest BCUT2D eigenvalue weighted by Gasteiger charge is -2.12. The summed E-state index contributed by atoms with van der Waals surface area (Å²) in [5.41, 5.74) is 5.82. The van der Waals surface area contributed by atoms with Gasteiger partial charge in [0.05, 0.1) is 19.0 Å². The zero-order chi connectivity index (χ0) is 11.4. The molecule has 2 unspecified atom stereocenters. The van der Waals surface area contributed by atoms with Crippen LogP contribution in [0.4, 0.5) is 0 Å². The van der Waals surface area contributed by atoms with Crippen molar-refractivity contribution in [2.75, 3.05) is 6.61 Å². The molecule has 2 N–H and O–H groups in total. The molecule has 0 bridgehead atoms. The largest absolute Gasteiger partial charge is 0.477 e. The van der Waals surface area contributed by atoms with Crippen molar-refractivity contribution in [3.8, 4) is 11.8 Å². The molecule has 0 spiro atoms. The van der Waals surface area contributed by atoms with Gasteiger partial charge in [0, 0.05) is 6.04 Å². The Hall–Kier alpha value is -1.36. The molecule has 0 amide bonds. The van der Waals surface area contributed by atoms with Crippen LogP contribution < -0.4 is 15.2 Å². The highest BCUT2D eigenvalue weighted by Gasteiger charge is 2.23. The molecule has 1 aliphatic carbocycles. The van der Waals surface area contributed by atoms with Gasteiger partial charge in [0.15, 0.2) is 0 Å². The Morgan fingerprint density at radius 1 is 1.38 bits per heavy atom. The molecular weight excluding hydrogens is 206 g/mol. The van der Waals surface area contributed by atoms with Crippen LogP contribution in [0.15, 0.2) is 12.4 Å². The van der Waals surface area contributed by atoms with Crippen molar-refractivity contribution in [2.24, 2.45) is 5.73 Å². The fourth-order valence-electron chi connectivity index (χ4n) is 1.86. The quantitative estimate of drug-likeness (QED) is 0.828. The van der Waals surface area contributed by atoms with E-state index in [0.717, 1.165) is 19.3 Å². The van der Waals surface area contributed by atoms with Crippen molar-refractivity contribution < 1.29 is 9.47 Å². The van der Waals surface area contributed by atoms with E-state index in [2.05, 4.69) is 9.97 Å². The molecule has 1 saturated carbocycles. The molecule has 1 aliphatic rings. The molecule has 1 heterocycles. The summed E-state index contributed by atoms with van der Waals surface area (Å²) in [5.74, 6) is 1.02. The third-order valence-electron chi connectivity index (χ3n) is 2.60. The molecule has 1 aromatic heterocycles. The van der Waals surface area contributed by atoms with Crippen molar-refractivity contribution in [1.82, 2.24) is 9.97 Å². The fourth-order valence-corrected chi connectivity index (χ4v) is 1.86. The average Bonchev–Trinajstić information content (AvgIpc) is 2.65. The van der Waals surface area contributed by atoms with Gasteiger partial charge in [-0.25, -0.2) is 0 Å². The summed E-state index contributed by atoms with van der Waals surface area (Å²) in [7, 11) is 0. The van der Waals surface area contributed by atoms with Crippen LogP contribution in [0, 0.1) is 0 Å². The van der Waals surface area contributed by atoms with Crippen molar-refractivity contribution in [3.63, 3.8) is 0 Å². The Bertz CT molecular complexity index is 346. The lowest BCUT2D eigenvalue weighted by Crippen LogP contribution is -2.19. The second-order valence-corrected chi connectivity index (χ2v) is 3.94. The standard InChI is InChI=1S/C11H17N3O2/c1-2-15-10-6-13-7-11(14-10)16-9-4-3-8(12)5-9/h6-9H,2-5,12H2,1H3. The van der Waals surface area contributed by atoms with E-state index in [1.165, 1.54) is 0 Å². The molecule has 88 valence electrons. The van der Waals surface area contributed by atoms with Crippen LogP contribution in [0.5, 0.6) is 11.8 Å². The lowest BCUT2D eigenvalue weighted by atomic mass is 10.3. The summed E-state index contributed by atoms with van der Waals surface area (Å²) in [4.78, 5) is 8.22. The zero-order valence-electron chi connectivity index (χ0n) is 9.43. The number of aromatic nitrogens is 2. The molecule has 2 atom stereocenters. The molecule has 2 rings (SSSR count). The van der Waals surface area contributed by atoms with Crippen molar-refractivity contribution in [1.29, 1.82) is 0 Å². The van der Waals surface area contributed by atoms with Crippen molar-refractivity contribution in [2.45, 2.75) is 38.3 Å². The first-order chi connectivity index (χ1) is 7.78. The smallest absolute Gasteiger partial charge is 0.235 e. The molecule has 5 nitrogen and oxygen atoms in total. The highest BCUT2D eigenvalue weighted by atomic mass is 16.5. The Balaban J connectivity index is 1.95. The van der Waals surface area contributed by atoms with E-state index in [9.17, 15) is 0 Å². The van der Waals surface area contributed by atoms with Gasteiger partial charge < -0.3 is 15.2 Å². The van der Waals surface area contributed by atoms with Crippen LogP contribution in [-0.2, 0) is 0 Å². The minimum atomic E-state index is 0.168. The molecule has 5 heteroatoms. The summed E-state index contributed by atoms with van der Waals surface area (Å²) in [5, 5.41) is 0. The van der Waals surface area contributed by atoms with Gasteiger partial charge in [-0.05, 0) is 26.2 Å². The first-order valence-corrected chi connectivity index (χ1v) is 5.65. The number of ether oxygens (including phenoxy) is 2. The maximum Gasteiger partial charge on any atom is 0.235 e. The van der Waals surface area contributed by atoms with E-state index < -0.39 is 0 Å². The van der Waals surface area contributed by atoms with Gasteiger partial charge in [0.25, 0.3) is 0 Å². The summed E-state index contributed by atoms with van der Waals surface area (Å²) in [6.45, 7) is 2.48. The topological polar surface area (TPSA) is 70.3 Å². The van der Waals surface area contributed by atoms with E-state index in [1.54, 1.807) is 12.4 Å². The number of hydrogen-bond donors (Lipinski definition) is 1. The van der Waals surface area contributed by atoms with E-state index in [-0.39, 0.29) is 12.1 Å². The maximum absolute atomic E-state index is 5.82. The number of rotatable bonds is 4. The van der Waals surface area contributed by atoms with Gasteiger partial charge in [-0.2, -0.15) is 4.98 Å². The molecule has 0 radical (unpaired) electrons. The molecule has 0 saturated heterocycles. The summed E-state index contributed by atoms with van der Waals surface area (Å²) >= 11 is 0. The Kier molecular flexibility index (Phi) is 3.56. The van der Waals surface area contributed by atoms with Gasteiger partial charge >= 0.3 is 0 Å². The Morgan fingerprint density at radius 3 is 2.88 bits per heavy atom. The minimum Gasteiger partial charge on any atom is -0.477 e. The summed E-state index contributed by atoms with van der Waals surface area (Å²) in [6.07, 6.45) is 6.25. The molecule has 0 aromatic carbocycles. The van der Waals surface area contributed by atoms with Gasteiger partial charge in [0.1, 0.15) is 6.10 Å². The van der Waals surface area contributed by atoms with Crippen LogP contribution in [-0.4, -0.2) is 28.7 Å². The second kappa shape index (κ2) is 5.12. The maximum atomic E-state index is 5.82. The normalized spacial score (nSPS) is 24.4. The molecule has 1 aromatic rings. The number of nitrogens with zero attached hydrogens (tertiary/aromatic N) is 2. The summed E-state index contributed by atoms with van der Waals surface area (Å²) < 4.78 is 11.0. The van der Waals surface area contributed by atoms with Crippen LogP contribution in [0.2, 0.25) is 0 Å². The predicted octanol–water partition coefficient (Wildman–Crippen LogP) is 1.13. The Morgan fingerprint density at radius 2 is 2.19 bits per heavy atom. The molecule has 1 fully saturated rings. The van der Waals surface area contributed by atoms with Gasteiger partial charge in [-0.3, -0.25) is 4.98 Å². The van der Waals surface area contributed by atoms with Gasteiger partial charge in [-0.1, -0.05) is 0 Å². The summed E-state index contributed by atoms with van der Waals surface area (Å²) in [6, 6.07) is 0.257. The van der Waals surface area contributed by atoms with Crippen LogP contribution in [0.3, 0.4) is 0 Å². The third-order valence-corrected chi connectivity index (χ3v) is 2.60. The van der Waals surface area contributed by atoms with E-state index >= 15 is 0 Å². The number of nitrogens with two attached hydrogens (primary N) is 1. The highest BCUT2D eigenvalue weighted by molar-refractivity contribution is 5.13. The second-order valence-electron chi connectivity index (χ2n) is 3.94. The van der Waals surface area contributed by atoms with Crippen LogP contribution in [0.25, 0.3) is 0 Å². The van der Waals surface area contributed by atoms with Crippen molar-refractivity contribution in [3.05, 3.63) is 12.4 Å².